The van der Waals surface area contributed by atoms with E-state index in [1.807, 2.05) is 0 Å². The Bertz CT molecular complexity index is 194. The minimum Gasteiger partial charge on any atom is -0.594 e. The van der Waals surface area contributed by atoms with E-state index in [1.54, 1.807) is 0 Å². The number of nitrogens with zero attached hydrogens (tertiary/aromatic N) is 4. The van der Waals surface area contributed by atoms with Crippen molar-refractivity contribution in [3.63, 3.8) is 0 Å². The minimum atomic E-state index is -1.000. The third-order valence-corrected chi connectivity index (χ3v) is 0.639. The van der Waals surface area contributed by atoms with Gasteiger partial charge in [-0.05, 0) is 0 Å². The smallest absolute Gasteiger partial charge is 0.591 e. The summed E-state index contributed by atoms with van der Waals surface area (Å²) in [7, 11) is 0. The molecule has 1 heterocycles. The molecule has 1 atom stereocenters. The lowest BCUT2D eigenvalue weighted by atomic mass is 11.0. The van der Waals surface area contributed by atoms with Crippen LogP contribution in [-0.4, -0.2) is 10.9 Å². The van der Waals surface area contributed by atoms with E-state index in [4.69, 9.17) is 0 Å². The van der Waals surface area contributed by atoms with E-state index < -0.39 is 16.1 Å². The van der Waals surface area contributed by atoms with Crippen molar-refractivity contribution in [3.05, 3.63) is 15.3 Å². The Kier molecular flexibility index (Phi) is 1.17. The van der Waals surface area contributed by atoms with Crippen LogP contribution in [0.5, 0.6) is 0 Å². The van der Waals surface area contributed by atoms with Gasteiger partial charge in [-0.25, -0.2) is 0 Å². The van der Waals surface area contributed by atoms with Crippen LogP contribution in [0.15, 0.2) is 15.5 Å². The molecular weight excluding hydrogens is 130 g/mol. The van der Waals surface area contributed by atoms with E-state index in [9.17, 15) is 15.3 Å². The van der Waals surface area contributed by atoms with E-state index in [0.29, 0.717) is 0 Å². The lowest BCUT2D eigenvalue weighted by Crippen LogP contribution is -3.05. The van der Waals surface area contributed by atoms with E-state index in [2.05, 4.69) is 15.5 Å². The van der Waals surface area contributed by atoms with Crippen molar-refractivity contribution in [2.24, 2.45) is 15.5 Å². The molecule has 0 aromatic carbocycles. The molecular formula is CHN5O3. The highest BCUT2D eigenvalue weighted by Gasteiger charge is 2.28. The quantitative estimate of drug-likeness (QED) is 0.240. The number of guanidine groups is 1. The largest absolute Gasteiger partial charge is 0.594 e. The summed E-state index contributed by atoms with van der Waals surface area (Å²) < 4.78 is 0. The Balaban J connectivity index is 2.76. The Morgan fingerprint density at radius 2 is 2.33 bits per heavy atom. The number of hydrogen-bond acceptors (Lipinski definition) is 6. The molecule has 1 unspecified atom stereocenters. The van der Waals surface area contributed by atoms with Crippen LogP contribution in [0.25, 0.3) is 0 Å². The Labute approximate surface area is 48.2 Å². The Morgan fingerprint density at radius 1 is 1.67 bits per heavy atom. The molecule has 0 fully saturated rings. The molecule has 9 heavy (non-hydrogen) atoms. The maximum absolute atomic E-state index is 10.2. The molecule has 0 saturated carbocycles. The van der Waals surface area contributed by atoms with Crippen molar-refractivity contribution >= 4 is 5.96 Å². The van der Waals surface area contributed by atoms with Crippen molar-refractivity contribution in [2.75, 3.05) is 0 Å². The highest BCUT2D eigenvalue weighted by atomic mass is 16.7. The zero-order valence-electron chi connectivity index (χ0n) is 4.01. The number of nitrogens with one attached hydrogen (secondary N) is 1. The Hall–Kier alpha value is -1.41. The van der Waals surface area contributed by atoms with Crippen LogP contribution in [0.4, 0.5) is 0 Å². The topological polar surface area (TPSA) is 108 Å². The number of quaternary nitrogens is 1. The SMILES string of the molecule is O=[N+]([O-])C1=NN=N[NH+]1[O-]. The summed E-state index contributed by atoms with van der Waals surface area (Å²) in [5, 5.41) is 27.3. The summed E-state index contributed by atoms with van der Waals surface area (Å²) in [5.41, 5.74) is 0. The predicted octanol–water partition coefficient (Wildman–Crippen LogP) is -1.70. The van der Waals surface area contributed by atoms with Crippen LogP contribution in [0.1, 0.15) is 0 Å². The third kappa shape index (κ3) is 0.876. The lowest BCUT2D eigenvalue weighted by molar-refractivity contribution is -0.797. The molecule has 0 aromatic rings. The fourth-order valence-electron chi connectivity index (χ4n) is 0.307. The van der Waals surface area contributed by atoms with Crippen LogP contribution >= 0.6 is 0 Å². The van der Waals surface area contributed by atoms with Gasteiger partial charge in [-0.15, -0.1) is 5.17 Å². The number of nitro groups is 1. The first-order valence-corrected chi connectivity index (χ1v) is 1.89. The van der Waals surface area contributed by atoms with Gasteiger partial charge in [0.1, 0.15) is 5.22 Å². The van der Waals surface area contributed by atoms with E-state index in [0.717, 1.165) is 0 Å². The van der Waals surface area contributed by atoms with Gasteiger partial charge in [0.2, 0.25) is 0 Å². The number of hydroxylamine groups is 1. The van der Waals surface area contributed by atoms with Crippen LogP contribution in [0, 0.1) is 15.3 Å². The molecule has 1 aliphatic heterocycles. The van der Waals surface area contributed by atoms with E-state index in [-0.39, 0.29) is 0 Å². The van der Waals surface area contributed by atoms with Crippen molar-refractivity contribution in [3.8, 4) is 0 Å². The van der Waals surface area contributed by atoms with Crippen LogP contribution in [0.3, 0.4) is 0 Å². The number of hydrogen-bond donors (Lipinski definition) is 1. The molecule has 0 bridgehead atoms. The highest BCUT2D eigenvalue weighted by molar-refractivity contribution is 5.61. The van der Waals surface area contributed by atoms with Crippen molar-refractivity contribution in [2.45, 2.75) is 0 Å². The van der Waals surface area contributed by atoms with Crippen LogP contribution < -0.4 is 5.17 Å². The fourth-order valence-corrected chi connectivity index (χ4v) is 0.307. The van der Waals surface area contributed by atoms with Crippen molar-refractivity contribution < 1.29 is 10.1 Å². The van der Waals surface area contributed by atoms with Crippen molar-refractivity contribution in [1.82, 2.24) is 0 Å². The highest BCUT2D eigenvalue weighted by Crippen LogP contribution is 1.80. The summed E-state index contributed by atoms with van der Waals surface area (Å²) in [5.74, 6) is -0.824. The van der Waals surface area contributed by atoms with Gasteiger partial charge in [0.15, 0.2) is 5.10 Å². The molecule has 1 rings (SSSR count). The molecule has 48 valence electrons. The first-order valence-electron chi connectivity index (χ1n) is 1.89. The third-order valence-electron chi connectivity index (χ3n) is 0.639. The first-order chi connectivity index (χ1) is 4.22. The summed E-state index contributed by atoms with van der Waals surface area (Å²) >= 11 is 0. The lowest BCUT2D eigenvalue weighted by Gasteiger charge is -1.99. The summed E-state index contributed by atoms with van der Waals surface area (Å²) in [6.45, 7) is 0. The molecule has 0 spiro atoms. The molecule has 1 N–H and O–H groups in total. The monoisotopic (exact) mass is 131 g/mol. The standard InChI is InChI=1S/CHN5O3/c7-5-1(6(8)9)2-3-4-5/h5H. The van der Waals surface area contributed by atoms with Gasteiger partial charge in [0, 0.05) is 4.92 Å². The van der Waals surface area contributed by atoms with Gasteiger partial charge in [-0.2, -0.15) is 0 Å². The van der Waals surface area contributed by atoms with Crippen LogP contribution in [0.2, 0.25) is 0 Å². The first kappa shape index (κ1) is 5.72. The van der Waals surface area contributed by atoms with Gasteiger partial charge in [0.25, 0.3) is 0 Å². The van der Waals surface area contributed by atoms with Gasteiger partial charge in [-0.1, -0.05) is 0 Å². The van der Waals surface area contributed by atoms with Crippen molar-refractivity contribution in [1.29, 1.82) is 0 Å². The van der Waals surface area contributed by atoms with Gasteiger partial charge >= 0.3 is 5.96 Å². The Morgan fingerprint density at radius 3 is 2.56 bits per heavy atom. The molecule has 0 amide bonds. The average Bonchev–Trinajstić information content (AvgIpc) is 2.13. The second-order valence-corrected chi connectivity index (χ2v) is 1.18. The summed E-state index contributed by atoms with van der Waals surface area (Å²) in [6.07, 6.45) is 0. The molecule has 8 nitrogen and oxygen atoms in total. The predicted molar refractivity (Wildman–Crippen MR) is 23.6 cm³/mol. The molecule has 0 saturated heterocycles. The van der Waals surface area contributed by atoms with E-state index in [1.165, 1.54) is 0 Å². The molecule has 0 aliphatic carbocycles. The van der Waals surface area contributed by atoms with Gasteiger partial charge < -0.3 is 15.3 Å². The summed E-state index contributed by atoms with van der Waals surface area (Å²) in [6, 6.07) is 0. The van der Waals surface area contributed by atoms with E-state index >= 15 is 0 Å². The second-order valence-electron chi connectivity index (χ2n) is 1.18. The molecule has 8 heteroatoms. The summed E-state index contributed by atoms with van der Waals surface area (Å²) in [4.78, 5) is 8.82. The molecule has 1 aliphatic rings. The minimum absolute atomic E-state index is 0.824. The zero-order valence-corrected chi connectivity index (χ0v) is 4.01. The second kappa shape index (κ2) is 1.84. The zero-order chi connectivity index (χ0) is 6.85. The maximum Gasteiger partial charge on any atom is 0.591 e. The molecule has 0 radical (unpaired) electrons. The molecule has 0 aromatic heterocycles. The number of rotatable bonds is 0. The van der Waals surface area contributed by atoms with Gasteiger partial charge in [0.05, 0.1) is 5.22 Å². The maximum atomic E-state index is 10.2. The average molecular weight is 131 g/mol. The fraction of sp³-hybridized carbons (Fsp3) is 0. The normalized spacial score (nSPS) is 24.1. The van der Waals surface area contributed by atoms with Crippen LogP contribution in [-0.2, 0) is 0 Å². The van der Waals surface area contributed by atoms with Gasteiger partial charge in [-0.3, -0.25) is 0 Å².